The number of phenolic OH excluding ortho intramolecular Hbond substituents is 1. The third-order valence-corrected chi connectivity index (χ3v) is 3.82. The van der Waals surface area contributed by atoms with Gasteiger partial charge in [0.05, 0.1) is 13.2 Å². The summed E-state index contributed by atoms with van der Waals surface area (Å²) in [7, 11) is 1.53. The minimum Gasteiger partial charge on any atom is -0.504 e. The normalized spacial score (nSPS) is 12.1. The van der Waals surface area contributed by atoms with Gasteiger partial charge >= 0.3 is 0 Å². The molecule has 0 aliphatic heterocycles. The molecule has 0 bridgehead atoms. The van der Waals surface area contributed by atoms with Gasteiger partial charge in [-0.15, -0.1) is 0 Å². The van der Waals surface area contributed by atoms with Crippen molar-refractivity contribution in [3.05, 3.63) is 59.7 Å². The number of aliphatic hydroxyl groups excluding tert-OH is 1. The average Bonchev–Trinajstić information content (AvgIpc) is 2.58. The van der Waals surface area contributed by atoms with Crippen LogP contribution in [0.4, 0.5) is 0 Å². The fourth-order valence-corrected chi connectivity index (χ4v) is 2.47. The molecule has 4 nitrogen and oxygen atoms in total. The molecule has 2 rings (SSSR count). The number of ether oxygens (including phenoxy) is 1. The molecule has 0 aliphatic rings. The molecule has 0 aromatic heterocycles. The van der Waals surface area contributed by atoms with Gasteiger partial charge in [0, 0.05) is 6.54 Å². The molecule has 1 atom stereocenters. The largest absolute Gasteiger partial charge is 0.504 e. The van der Waals surface area contributed by atoms with Gasteiger partial charge in [-0.05, 0) is 49.1 Å². The fourth-order valence-electron chi connectivity index (χ4n) is 2.47. The SMILES string of the molecule is COc1ccc(CCNCC(O)CCc2ccccc2)cc1O. The molecule has 4 heteroatoms. The van der Waals surface area contributed by atoms with E-state index in [-0.39, 0.29) is 11.9 Å². The lowest BCUT2D eigenvalue weighted by molar-refractivity contribution is 0.162. The van der Waals surface area contributed by atoms with E-state index in [9.17, 15) is 10.2 Å². The Labute approximate surface area is 137 Å². The van der Waals surface area contributed by atoms with Crippen molar-refractivity contribution in [3.8, 4) is 11.5 Å². The van der Waals surface area contributed by atoms with E-state index in [4.69, 9.17) is 4.74 Å². The van der Waals surface area contributed by atoms with Gasteiger partial charge in [-0.3, -0.25) is 0 Å². The summed E-state index contributed by atoms with van der Waals surface area (Å²) in [5.74, 6) is 0.644. The van der Waals surface area contributed by atoms with Crippen LogP contribution in [-0.2, 0) is 12.8 Å². The second-order valence-corrected chi connectivity index (χ2v) is 5.64. The number of aromatic hydroxyl groups is 1. The second-order valence-electron chi connectivity index (χ2n) is 5.64. The van der Waals surface area contributed by atoms with Gasteiger partial charge in [-0.2, -0.15) is 0 Å². The molecule has 0 radical (unpaired) electrons. The van der Waals surface area contributed by atoms with E-state index in [0.29, 0.717) is 12.3 Å². The summed E-state index contributed by atoms with van der Waals surface area (Å²) in [4.78, 5) is 0. The summed E-state index contributed by atoms with van der Waals surface area (Å²) in [5, 5.41) is 23.0. The van der Waals surface area contributed by atoms with Crippen molar-refractivity contribution in [1.29, 1.82) is 0 Å². The Morgan fingerprint density at radius 3 is 2.52 bits per heavy atom. The van der Waals surface area contributed by atoms with Crippen LogP contribution >= 0.6 is 0 Å². The predicted octanol–water partition coefficient (Wildman–Crippen LogP) is 2.53. The smallest absolute Gasteiger partial charge is 0.160 e. The molecule has 124 valence electrons. The summed E-state index contributed by atoms with van der Waals surface area (Å²) in [6.07, 6.45) is 2.08. The predicted molar refractivity (Wildman–Crippen MR) is 92.0 cm³/mol. The van der Waals surface area contributed by atoms with E-state index < -0.39 is 0 Å². The van der Waals surface area contributed by atoms with Crippen LogP contribution in [0.15, 0.2) is 48.5 Å². The summed E-state index contributed by atoms with van der Waals surface area (Å²) in [6.45, 7) is 1.34. The number of aryl methyl sites for hydroxylation is 1. The Morgan fingerprint density at radius 2 is 1.83 bits per heavy atom. The van der Waals surface area contributed by atoms with Crippen LogP contribution in [0.3, 0.4) is 0 Å². The van der Waals surface area contributed by atoms with Gasteiger partial charge in [0.2, 0.25) is 0 Å². The quantitative estimate of drug-likeness (QED) is 0.622. The first-order valence-electron chi connectivity index (χ1n) is 7.97. The van der Waals surface area contributed by atoms with Crippen LogP contribution < -0.4 is 10.1 Å². The van der Waals surface area contributed by atoms with Crippen LogP contribution in [0.5, 0.6) is 11.5 Å². The van der Waals surface area contributed by atoms with Gasteiger partial charge in [0.25, 0.3) is 0 Å². The van der Waals surface area contributed by atoms with Gasteiger partial charge in [-0.1, -0.05) is 36.4 Å². The Bertz CT molecular complexity index is 586. The maximum atomic E-state index is 10.0. The van der Waals surface area contributed by atoms with Gasteiger partial charge in [0.15, 0.2) is 11.5 Å². The first-order chi connectivity index (χ1) is 11.2. The molecule has 1 unspecified atom stereocenters. The van der Waals surface area contributed by atoms with Gasteiger partial charge in [0.1, 0.15) is 0 Å². The minimum atomic E-state index is -0.348. The Hall–Kier alpha value is -2.04. The number of methoxy groups -OCH3 is 1. The van der Waals surface area contributed by atoms with Crippen molar-refractivity contribution < 1.29 is 14.9 Å². The highest BCUT2D eigenvalue weighted by Crippen LogP contribution is 2.26. The molecule has 3 N–H and O–H groups in total. The fraction of sp³-hybridized carbons (Fsp3) is 0.368. The van der Waals surface area contributed by atoms with E-state index in [0.717, 1.165) is 31.4 Å². The summed E-state index contributed by atoms with van der Waals surface area (Å²) in [5.41, 5.74) is 2.29. The Kier molecular flexibility index (Phi) is 6.91. The summed E-state index contributed by atoms with van der Waals surface area (Å²) < 4.78 is 5.02. The summed E-state index contributed by atoms with van der Waals surface area (Å²) >= 11 is 0. The van der Waals surface area contributed by atoms with E-state index in [1.807, 2.05) is 24.3 Å². The number of aliphatic hydroxyl groups is 1. The van der Waals surface area contributed by atoms with Crippen LogP contribution in [-0.4, -0.2) is 36.5 Å². The molecule has 0 aliphatic carbocycles. The third-order valence-electron chi connectivity index (χ3n) is 3.82. The van der Waals surface area contributed by atoms with Gasteiger partial charge in [-0.25, -0.2) is 0 Å². The maximum Gasteiger partial charge on any atom is 0.160 e. The van der Waals surface area contributed by atoms with Crippen molar-refractivity contribution in [1.82, 2.24) is 5.32 Å². The first kappa shape index (κ1) is 17.3. The second kappa shape index (κ2) is 9.18. The lowest BCUT2D eigenvalue weighted by Crippen LogP contribution is -2.28. The zero-order valence-electron chi connectivity index (χ0n) is 13.5. The molecule has 2 aromatic rings. The zero-order chi connectivity index (χ0) is 16.5. The lowest BCUT2D eigenvalue weighted by Gasteiger charge is -2.12. The van der Waals surface area contributed by atoms with Crippen LogP contribution in [0, 0.1) is 0 Å². The molecule has 0 saturated heterocycles. The van der Waals surface area contributed by atoms with Crippen molar-refractivity contribution in [2.45, 2.75) is 25.4 Å². The van der Waals surface area contributed by atoms with Crippen LogP contribution in [0.2, 0.25) is 0 Å². The van der Waals surface area contributed by atoms with Crippen molar-refractivity contribution >= 4 is 0 Å². The molecule has 0 amide bonds. The highest BCUT2D eigenvalue weighted by molar-refractivity contribution is 5.41. The topological polar surface area (TPSA) is 61.7 Å². The Balaban J connectivity index is 1.64. The monoisotopic (exact) mass is 315 g/mol. The lowest BCUT2D eigenvalue weighted by atomic mass is 10.1. The first-order valence-corrected chi connectivity index (χ1v) is 7.97. The van der Waals surface area contributed by atoms with E-state index >= 15 is 0 Å². The zero-order valence-corrected chi connectivity index (χ0v) is 13.5. The van der Waals surface area contributed by atoms with Gasteiger partial charge < -0.3 is 20.3 Å². The van der Waals surface area contributed by atoms with E-state index in [1.54, 1.807) is 12.1 Å². The Morgan fingerprint density at radius 1 is 1.04 bits per heavy atom. The molecular formula is C19H25NO3. The number of hydrogen-bond donors (Lipinski definition) is 3. The molecule has 0 saturated carbocycles. The summed E-state index contributed by atoms with van der Waals surface area (Å²) in [6, 6.07) is 15.6. The number of phenols is 1. The van der Waals surface area contributed by atoms with Crippen LogP contribution in [0.25, 0.3) is 0 Å². The number of rotatable bonds is 9. The average molecular weight is 315 g/mol. The van der Waals surface area contributed by atoms with Crippen LogP contribution in [0.1, 0.15) is 17.5 Å². The highest BCUT2D eigenvalue weighted by atomic mass is 16.5. The number of hydrogen-bond acceptors (Lipinski definition) is 4. The van der Waals surface area contributed by atoms with Crippen molar-refractivity contribution in [3.63, 3.8) is 0 Å². The number of nitrogens with one attached hydrogen (secondary N) is 1. The van der Waals surface area contributed by atoms with E-state index in [1.165, 1.54) is 12.7 Å². The standard InChI is InChI=1S/C19H25NO3/c1-23-19-10-8-16(13-18(19)22)11-12-20-14-17(21)9-7-15-5-3-2-4-6-15/h2-6,8,10,13,17,20-22H,7,9,11-12,14H2,1H3. The maximum absolute atomic E-state index is 10.0. The molecule has 2 aromatic carbocycles. The minimum absolute atomic E-state index is 0.160. The molecule has 23 heavy (non-hydrogen) atoms. The molecule has 0 spiro atoms. The molecular weight excluding hydrogens is 290 g/mol. The highest BCUT2D eigenvalue weighted by Gasteiger charge is 2.05. The third kappa shape index (κ3) is 5.93. The van der Waals surface area contributed by atoms with Crippen molar-refractivity contribution in [2.75, 3.05) is 20.2 Å². The molecule has 0 fully saturated rings. The van der Waals surface area contributed by atoms with Crippen molar-refractivity contribution in [2.24, 2.45) is 0 Å². The number of benzene rings is 2. The van der Waals surface area contributed by atoms with E-state index in [2.05, 4.69) is 17.4 Å². The molecule has 0 heterocycles.